The van der Waals surface area contributed by atoms with E-state index in [2.05, 4.69) is 84.3 Å². The zero-order chi connectivity index (χ0) is 15.6. The van der Waals surface area contributed by atoms with Crippen molar-refractivity contribution in [2.75, 3.05) is 0 Å². The van der Waals surface area contributed by atoms with Crippen molar-refractivity contribution >= 4 is 15.9 Å². The Morgan fingerprint density at radius 3 is 2.19 bits per heavy atom. The lowest BCUT2D eigenvalue weighted by Crippen LogP contribution is -2.24. The van der Waals surface area contributed by atoms with Crippen LogP contribution in [0.1, 0.15) is 54.0 Å². The average Bonchev–Trinajstić information content (AvgIpc) is 2.37. The van der Waals surface area contributed by atoms with E-state index in [-0.39, 0.29) is 6.04 Å². The Morgan fingerprint density at radius 1 is 1.00 bits per heavy atom. The fraction of sp³-hybridized carbons (Fsp3) is 0.389. The Bertz CT molecular complexity index is 597. The van der Waals surface area contributed by atoms with Crippen LogP contribution >= 0.6 is 15.9 Å². The molecule has 112 valence electrons. The van der Waals surface area contributed by atoms with Crippen molar-refractivity contribution in [1.29, 1.82) is 0 Å². The molecule has 1 aromatic carbocycles. The largest absolute Gasteiger partial charge is 0.304 e. The lowest BCUT2D eigenvalue weighted by atomic mass is 9.98. The standard InChI is InChI=1S/C18H23BrN2/c1-11-10-12(2)20-14(4)18(11)15(5)21-13(3)16-6-8-17(19)9-7-16/h6-10,13,15,21H,1-5H3. The van der Waals surface area contributed by atoms with Crippen molar-refractivity contribution < 1.29 is 0 Å². The van der Waals surface area contributed by atoms with Crippen LogP contribution in [0.25, 0.3) is 0 Å². The molecule has 0 amide bonds. The normalized spacial score (nSPS) is 14.0. The van der Waals surface area contributed by atoms with E-state index in [4.69, 9.17) is 0 Å². The van der Waals surface area contributed by atoms with Gasteiger partial charge in [0.1, 0.15) is 0 Å². The number of nitrogens with zero attached hydrogens (tertiary/aromatic N) is 1. The third kappa shape index (κ3) is 3.92. The summed E-state index contributed by atoms with van der Waals surface area (Å²) in [6, 6.07) is 11.2. The molecule has 0 aliphatic carbocycles. The van der Waals surface area contributed by atoms with E-state index in [0.29, 0.717) is 6.04 Å². The molecule has 0 spiro atoms. The van der Waals surface area contributed by atoms with Crippen LogP contribution < -0.4 is 5.32 Å². The van der Waals surface area contributed by atoms with E-state index in [1.807, 2.05) is 6.92 Å². The molecule has 0 radical (unpaired) electrons. The van der Waals surface area contributed by atoms with Gasteiger partial charge in [0, 0.05) is 27.9 Å². The maximum absolute atomic E-state index is 4.60. The molecule has 1 aromatic heterocycles. The molecule has 0 aliphatic heterocycles. The second-order valence-electron chi connectivity index (χ2n) is 5.74. The number of hydrogen-bond donors (Lipinski definition) is 1. The number of pyridine rings is 1. The van der Waals surface area contributed by atoms with Gasteiger partial charge in [0.25, 0.3) is 0 Å². The summed E-state index contributed by atoms with van der Waals surface area (Å²) in [6.07, 6.45) is 0. The first-order valence-corrected chi connectivity index (χ1v) is 8.14. The molecule has 1 N–H and O–H groups in total. The van der Waals surface area contributed by atoms with Crippen molar-refractivity contribution in [3.8, 4) is 0 Å². The third-order valence-electron chi connectivity index (χ3n) is 3.89. The summed E-state index contributed by atoms with van der Waals surface area (Å²) in [5.41, 5.74) is 6.12. The van der Waals surface area contributed by atoms with Crippen LogP contribution in [0, 0.1) is 20.8 Å². The maximum atomic E-state index is 4.60. The summed E-state index contributed by atoms with van der Waals surface area (Å²) in [6.45, 7) is 10.7. The van der Waals surface area contributed by atoms with Gasteiger partial charge in [-0.3, -0.25) is 4.98 Å². The predicted octanol–water partition coefficient (Wildman–Crippen LogP) is 5.18. The van der Waals surface area contributed by atoms with Gasteiger partial charge < -0.3 is 5.32 Å². The lowest BCUT2D eigenvalue weighted by Gasteiger charge is -2.23. The minimum absolute atomic E-state index is 0.275. The molecule has 21 heavy (non-hydrogen) atoms. The first kappa shape index (κ1) is 16.2. The van der Waals surface area contributed by atoms with Gasteiger partial charge in [-0.2, -0.15) is 0 Å². The minimum atomic E-state index is 0.275. The van der Waals surface area contributed by atoms with E-state index in [1.165, 1.54) is 16.7 Å². The van der Waals surface area contributed by atoms with Crippen molar-refractivity contribution in [3.63, 3.8) is 0 Å². The van der Waals surface area contributed by atoms with Crippen LogP contribution in [-0.4, -0.2) is 4.98 Å². The maximum Gasteiger partial charge on any atom is 0.0426 e. The Morgan fingerprint density at radius 2 is 1.62 bits per heavy atom. The number of nitrogens with one attached hydrogen (secondary N) is 1. The molecule has 0 bridgehead atoms. The molecule has 0 saturated heterocycles. The van der Waals surface area contributed by atoms with Crippen molar-refractivity contribution in [2.45, 2.75) is 46.7 Å². The number of rotatable bonds is 4. The number of halogens is 1. The van der Waals surface area contributed by atoms with E-state index in [9.17, 15) is 0 Å². The summed E-state index contributed by atoms with van der Waals surface area (Å²) in [4.78, 5) is 4.60. The van der Waals surface area contributed by atoms with Gasteiger partial charge in [-0.1, -0.05) is 28.1 Å². The molecule has 1 heterocycles. The molecular weight excluding hydrogens is 324 g/mol. The van der Waals surface area contributed by atoms with Crippen molar-refractivity contribution in [2.24, 2.45) is 0 Å². The summed E-state index contributed by atoms with van der Waals surface area (Å²) in [5, 5.41) is 3.68. The topological polar surface area (TPSA) is 24.9 Å². The molecular formula is C18H23BrN2. The van der Waals surface area contributed by atoms with E-state index in [0.717, 1.165) is 15.9 Å². The minimum Gasteiger partial charge on any atom is -0.304 e. The van der Waals surface area contributed by atoms with Crippen LogP contribution in [0.2, 0.25) is 0 Å². The highest BCUT2D eigenvalue weighted by Gasteiger charge is 2.16. The molecule has 2 atom stereocenters. The fourth-order valence-corrected chi connectivity index (χ4v) is 3.26. The van der Waals surface area contributed by atoms with Crippen molar-refractivity contribution in [1.82, 2.24) is 10.3 Å². The average molecular weight is 347 g/mol. The van der Waals surface area contributed by atoms with Gasteiger partial charge in [0.2, 0.25) is 0 Å². The summed E-state index contributed by atoms with van der Waals surface area (Å²) in [7, 11) is 0. The summed E-state index contributed by atoms with van der Waals surface area (Å²) in [5.74, 6) is 0. The Balaban J connectivity index is 2.18. The summed E-state index contributed by atoms with van der Waals surface area (Å²) >= 11 is 3.48. The molecule has 0 saturated carbocycles. The van der Waals surface area contributed by atoms with Gasteiger partial charge in [0.15, 0.2) is 0 Å². The van der Waals surface area contributed by atoms with Crippen molar-refractivity contribution in [3.05, 3.63) is 62.9 Å². The molecule has 2 aromatic rings. The van der Waals surface area contributed by atoms with Crippen LogP contribution in [0.5, 0.6) is 0 Å². The second kappa shape index (κ2) is 6.71. The Kier molecular flexibility index (Phi) is 5.17. The Hall–Kier alpha value is -1.19. The Labute approximate surface area is 136 Å². The highest BCUT2D eigenvalue weighted by Crippen LogP contribution is 2.25. The van der Waals surface area contributed by atoms with Gasteiger partial charge in [-0.05, 0) is 69.5 Å². The van der Waals surface area contributed by atoms with Gasteiger partial charge in [0.05, 0.1) is 0 Å². The fourth-order valence-electron chi connectivity index (χ4n) is 2.99. The second-order valence-corrected chi connectivity index (χ2v) is 6.66. The SMILES string of the molecule is Cc1cc(C)c(C(C)NC(C)c2ccc(Br)cc2)c(C)n1. The van der Waals surface area contributed by atoms with Crippen LogP contribution in [0.3, 0.4) is 0 Å². The number of hydrogen-bond acceptors (Lipinski definition) is 2. The van der Waals surface area contributed by atoms with Gasteiger partial charge in [-0.25, -0.2) is 0 Å². The number of aryl methyl sites for hydroxylation is 3. The third-order valence-corrected chi connectivity index (χ3v) is 4.42. The molecule has 2 unspecified atom stereocenters. The van der Waals surface area contributed by atoms with Gasteiger partial charge >= 0.3 is 0 Å². The zero-order valence-electron chi connectivity index (χ0n) is 13.4. The van der Waals surface area contributed by atoms with Gasteiger partial charge in [-0.15, -0.1) is 0 Å². The van der Waals surface area contributed by atoms with Crippen LogP contribution in [-0.2, 0) is 0 Å². The first-order chi connectivity index (χ1) is 9.88. The molecule has 3 heteroatoms. The highest BCUT2D eigenvalue weighted by atomic mass is 79.9. The smallest absolute Gasteiger partial charge is 0.0426 e. The molecule has 0 fully saturated rings. The lowest BCUT2D eigenvalue weighted by molar-refractivity contribution is 0.490. The number of aromatic nitrogens is 1. The molecule has 2 rings (SSSR count). The molecule has 0 aliphatic rings. The van der Waals surface area contributed by atoms with Crippen LogP contribution in [0.4, 0.5) is 0 Å². The van der Waals surface area contributed by atoms with E-state index < -0.39 is 0 Å². The zero-order valence-corrected chi connectivity index (χ0v) is 15.0. The summed E-state index contributed by atoms with van der Waals surface area (Å²) < 4.78 is 1.11. The predicted molar refractivity (Wildman–Crippen MR) is 92.6 cm³/mol. The monoisotopic (exact) mass is 346 g/mol. The first-order valence-electron chi connectivity index (χ1n) is 7.34. The highest BCUT2D eigenvalue weighted by molar-refractivity contribution is 9.10. The number of benzene rings is 1. The van der Waals surface area contributed by atoms with E-state index in [1.54, 1.807) is 0 Å². The van der Waals surface area contributed by atoms with Crippen LogP contribution in [0.15, 0.2) is 34.8 Å². The quantitative estimate of drug-likeness (QED) is 0.824. The van der Waals surface area contributed by atoms with E-state index >= 15 is 0 Å². The molecule has 2 nitrogen and oxygen atoms in total.